The third kappa shape index (κ3) is 4.17. The Morgan fingerprint density at radius 3 is 2.68 bits per heavy atom. The number of anilines is 1. The van der Waals surface area contributed by atoms with Crippen LogP contribution >= 0.6 is 22.9 Å². The summed E-state index contributed by atoms with van der Waals surface area (Å²) in [6.45, 7) is 1.54. The number of hydrogen-bond donors (Lipinski definition) is 1. The van der Waals surface area contributed by atoms with Crippen LogP contribution in [0.4, 0.5) is 5.69 Å². The maximum atomic E-state index is 13.4. The Morgan fingerprint density at radius 1 is 1.12 bits per heavy atom. The third-order valence-corrected chi connectivity index (χ3v) is 7.52. The number of halogens is 1. The van der Waals surface area contributed by atoms with E-state index in [0.717, 1.165) is 36.1 Å². The molecule has 4 aromatic rings. The number of aryl methyl sites for hydroxylation is 3. The van der Waals surface area contributed by atoms with Crippen LogP contribution in [-0.4, -0.2) is 21.2 Å². The minimum atomic E-state index is -0.417. The number of rotatable bonds is 5. The van der Waals surface area contributed by atoms with Gasteiger partial charge in [-0.2, -0.15) is 0 Å². The monoisotopic (exact) mass is 491 g/mol. The van der Waals surface area contributed by atoms with Gasteiger partial charge in [-0.1, -0.05) is 41.9 Å². The molecule has 5 rings (SSSR count). The molecule has 0 saturated carbocycles. The van der Waals surface area contributed by atoms with Crippen molar-refractivity contribution in [2.45, 2.75) is 39.2 Å². The second kappa shape index (κ2) is 9.16. The fraction of sp³-hybridized carbons (Fsp3) is 0.231. The van der Waals surface area contributed by atoms with Crippen molar-refractivity contribution in [3.63, 3.8) is 0 Å². The number of amides is 1. The molecule has 6 nitrogen and oxygen atoms in total. The molecule has 0 saturated heterocycles. The summed E-state index contributed by atoms with van der Waals surface area (Å²) in [5, 5.41) is 3.83. The molecule has 0 fully saturated rings. The summed E-state index contributed by atoms with van der Waals surface area (Å²) < 4.78 is 1.41. The zero-order valence-corrected chi connectivity index (χ0v) is 20.1. The van der Waals surface area contributed by atoms with Crippen LogP contribution in [-0.2, 0) is 24.2 Å². The molecule has 0 unspecified atom stereocenters. The van der Waals surface area contributed by atoms with Crippen LogP contribution in [0.25, 0.3) is 10.2 Å². The molecule has 1 N–H and O–H groups in total. The molecule has 0 radical (unpaired) electrons. The summed E-state index contributed by atoms with van der Waals surface area (Å²) in [5.41, 5.74) is 2.02. The van der Waals surface area contributed by atoms with Crippen molar-refractivity contribution in [1.82, 2.24) is 9.55 Å². The van der Waals surface area contributed by atoms with Gasteiger partial charge in [-0.25, -0.2) is 4.98 Å². The molecule has 2 heterocycles. The SMILES string of the molecule is Cc1nc2sc3c(c2c(=O)n1CC(=O)Nc1ccc(Cl)cc1C(=O)c1ccccc1)CCCC3. The Bertz CT molecular complexity index is 1490. The minimum Gasteiger partial charge on any atom is -0.324 e. The molecule has 0 spiro atoms. The van der Waals surface area contributed by atoms with Gasteiger partial charge in [0.1, 0.15) is 17.2 Å². The summed E-state index contributed by atoms with van der Waals surface area (Å²) in [6.07, 6.45) is 4.03. The Kier molecular flexibility index (Phi) is 6.06. The maximum Gasteiger partial charge on any atom is 0.263 e. The number of hydrogen-bond acceptors (Lipinski definition) is 5. The molecule has 8 heteroatoms. The summed E-state index contributed by atoms with van der Waals surface area (Å²) in [4.78, 5) is 46.0. The standard InChI is InChI=1S/C26H22ClN3O3S/c1-15-28-25-23(18-9-5-6-10-21(18)34-25)26(33)30(15)14-22(31)29-20-12-11-17(27)13-19(20)24(32)16-7-3-2-4-8-16/h2-4,7-8,11-13H,5-6,9-10,14H2,1H3,(H,29,31). The van der Waals surface area contributed by atoms with E-state index < -0.39 is 5.91 Å². The lowest BCUT2D eigenvalue weighted by molar-refractivity contribution is -0.116. The fourth-order valence-corrected chi connectivity index (χ4v) is 5.89. The maximum absolute atomic E-state index is 13.4. The van der Waals surface area contributed by atoms with Crippen LogP contribution in [0.5, 0.6) is 0 Å². The van der Waals surface area contributed by atoms with Crippen LogP contribution in [0.1, 0.15) is 45.0 Å². The molecule has 1 aliphatic carbocycles. The summed E-state index contributed by atoms with van der Waals surface area (Å²) in [7, 11) is 0. The summed E-state index contributed by atoms with van der Waals surface area (Å²) in [5.74, 6) is -0.178. The average Bonchev–Trinajstić information content (AvgIpc) is 3.21. The van der Waals surface area contributed by atoms with Crippen molar-refractivity contribution in [2.75, 3.05) is 5.32 Å². The fourth-order valence-electron chi connectivity index (χ4n) is 4.42. The Balaban J connectivity index is 1.45. The molecule has 2 aromatic carbocycles. The van der Waals surface area contributed by atoms with Gasteiger partial charge in [0.2, 0.25) is 5.91 Å². The first kappa shape index (κ1) is 22.5. The van der Waals surface area contributed by atoms with Crippen LogP contribution in [0.2, 0.25) is 5.02 Å². The van der Waals surface area contributed by atoms with E-state index in [1.54, 1.807) is 54.7 Å². The van der Waals surface area contributed by atoms with Crippen molar-refractivity contribution < 1.29 is 9.59 Å². The van der Waals surface area contributed by atoms with E-state index in [-0.39, 0.29) is 23.5 Å². The second-order valence-electron chi connectivity index (χ2n) is 8.37. The first-order valence-electron chi connectivity index (χ1n) is 11.1. The Morgan fingerprint density at radius 2 is 1.88 bits per heavy atom. The number of carbonyl (C=O) groups excluding carboxylic acids is 2. The van der Waals surface area contributed by atoms with Gasteiger partial charge < -0.3 is 5.32 Å². The van der Waals surface area contributed by atoms with Crippen LogP contribution in [0.15, 0.2) is 53.3 Å². The third-order valence-electron chi connectivity index (χ3n) is 6.10. The quantitative estimate of drug-likeness (QED) is 0.390. The zero-order valence-electron chi connectivity index (χ0n) is 18.6. The van der Waals surface area contributed by atoms with E-state index in [4.69, 9.17) is 11.6 Å². The number of aromatic nitrogens is 2. The molecule has 34 heavy (non-hydrogen) atoms. The largest absolute Gasteiger partial charge is 0.324 e. The van der Waals surface area contributed by atoms with Gasteiger partial charge in [0.05, 0.1) is 11.1 Å². The predicted molar refractivity (Wildman–Crippen MR) is 135 cm³/mol. The Hall–Kier alpha value is -3.29. The van der Waals surface area contributed by atoms with Crippen molar-refractivity contribution >= 4 is 50.5 Å². The molecule has 0 atom stereocenters. The number of carbonyl (C=O) groups is 2. The molecular weight excluding hydrogens is 470 g/mol. The van der Waals surface area contributed by atoms with Gasteiger partial charge in [-0.15, -0.1) is 11.3 Å². The average molecular weight is 492 g/mol. The van der Waals surface area contributed by atoms with Crippen molar-refractivity contribution in [2.24, 2.45) is 0 Å². The van der Waals surface area contributed by atoms with Gasteiger partial charge in [-0.3, -0.25) is 19.0 Å². The van der Waals surface area contributed by atoms with Crippen molar-refractivity contribution in [3.05, 3.63) is 91.3 Å². The number of thiophene rings is 1. The van der Waals surface area contributed by atoms with Gasteiger partial charge in [0.25, 0.3) is 5.56 Å². The van der Waals surface area contributed by atoms with Crippen LogP contribution in [0.3, 0.4) is 0 Å². The first-order chi connectivity index (χ1) is 16.4. The predicted octanol–water partition coefficient (Wildman–Crippen LogP) is 5.17. The van der Waals surface area contributed by atoms with E-state index in [9.17, 15) is 14.4 Å². The van der Waals surface area contributed by atoms with E-state index >= 15 is 0 Å². The molecule has 172 valence electrons. The van der Waals surface area contributed by atoms with Gasteiger partial charge in [-0.05, 0) is 56.4 Å². The van der Waals surface area contributed by atoms with Crippen molar-refractivity contribution in [1.29, 1.82) is 0 Å². The van der Waals surface area contributed by atoms with Gasteiger partial charge >= 0.3 is 0 Å². The zero-order chi connectivity index (χ0) is 23.8. The molecule has 1 amide bonds. The molecule has 0 bridgehead atoms. The van der Waals surface area contributed by atoms with E-state index in [1.807, 2.05) is 6.07 Å². The molecular formula is C26H22ClN3O3S. The number of ketones is 1. The van der Waals surface area contributed by atoms with Gasteiger partial charge in [0, 0.05) is 21.0 Å². The number of nitrogens with one attached hydrogen (secondary N) is 1. The van der Waals surface area contributed by atoms with E-state index in [1.165, 1.54) is 15.5 Å². The highest BCUT2D eigenvalue weighted by Gasteiger charge is 2.22. The number of benzene rings is 2. The minimum absolute atomic E-state index is 0.186. The normalized spacial score (nSPS) is 13.0. The second-order valence-corrected chi connectivity index (χ2v) is 9.89. The molecule has 0 aliphatic heterocycles. The lowest BCUT2D eigenvalue weighted by Crippen LogP contribution is -2.30. The number of nitrogens with zero attached hydrogens (tertiary/aromatic N) is 2. The number of fused-ring (bicyclic) bond motifs is 3. The van der Waals surface area contributed by atoms with E-state index in [0.29, 0.717) is 27.5 Å². The smallest absolute Gasteiger partial charge is 0.263 e. The lowest BCUT2D eigenvalue weighted by Gasteiger charge is -2.14. The van der Waals surface area contributed by atoms with Crippen molar-refractivity contribution in [3.8, 4) is 0 Å². The van der Waals surface area contributed by atoms with Crippen LogP contribution in [0, 0.1) is 6.92 Å². The highest BCUT2D eigenvalue weighted by Crippen LogP contribution is 2.33. The lowest BCUT2D eigenvalue weighted by atomic mass is 9.97. The topological polar surface area (TPSA) is 81.1 Å². The highest BCUT2D eigenvalue weighted by atomic mass is 35.5. The first-order valence-corrected chi connectivity index (χ1v) is 12.3. The van der Waals surface area contributed by atoms with Gasteiger partial charge in [0.15, 0.2) is 5.78 Å². The van der Waals surface area contributed by atoms with E-state index in [2.05, 4.69) is 10.3 Å². The highest BCUT2D eigenvalue weighted by molar-refractivity contribution is 7.18. The Labute approximate surface area is 205 Å². The molecule has 1 aliphatic rings. The molecule has 2 aromatic heterocycles. The van der Waals surface area contributed by atoms with Crippen LogP contribution < -0.4 is 10.9 Å². The summed E-state index contributed by atoms with van der Waals surface area (Å²) in [6, 6.07) is 13.5. The summed E-state index contributed by atoms with van der Waals surface area (Å²) >= 11 is 7.73.